The van der Waals surface area contributed by atoms with Crippen LogP contribution in [0.2, 0.25) is 0 Å². The van der Waals surface area contributed by atoms with Gasteiger partial charge in [0, 0.05) is 29.4 Å². The molecule has 1 atom stereocenters. The molecule has 0 bridgehead atoms. The summed E-state index contributed by atoms with van der Waals surface area (Å²) < 4.78 is 6.32. The molecule has 0 spiro atoms. The first-order chi connectivity index (χ1) is 16.3. The average molecular weight is 441 g/mol. The third kappa shape index (κ3) is 3.55. The fourth-order valence-electron chi connectivity index (χ4n) is 4.82. The van der Waals surface area contributed by atoms with Gasteiger partial charge >= 0.3 is 0 Å². The van der Waals surface area contributed by atoms with Crippen LogP contribution in [0.15, 0.2) is 49.0 Å². The zero-order valence-electron chi connectivity index (χ0n) is 18.0. The van der Waals surface area contributed by atoms with E-state index in [0.717, 1.165) is 70.9 Å². The molecule has 4 aromatic rings. The van der Waals surface area contributed by atoms with E-state index in [4.69, 9.17) is 4.74 Å². The highest BCUT2D eigenvalue weighted by Crippen LogP contribution is 2.34. The molecule has 0 unspecified atom stereocenters. The number of ketones is 1. The quantitative estimate of drug-likeness (QED) is 0.457. The van der Waals surface area contributed by atoms with Gasteiger partial charge in [-0.25, -0.2) is 19.9 Å². The van der Waals surface area contributed by atoms with Crippen molar-refractivity contribution in [3.8, 4) is 5.75 Å². The SMILES string of the molecule is O=C1/C(=C\c2c[nH]cn2)CCc2c(OC[C@H]3CCCN3c3ncnc4[nH]cnc34)cccc21. The topological polar surface area (TPSA) is 113 Å². The summed E-state index contributed by atoms with van der Waals surface area (Å²) in [6, 6.07) is 5.93. The van der Waals surface area contributed by atoms with Gasteiger partial charge in [0.2, 0.25) is 0 Å². The Labute approximate surface area is 190 Å². The van der Waals surface area contributed by atoms with E-state index in [9.17, 15) is 4.79 Å². The van der Waals surface area contributed by atoms with Crippen LogP contribution in [0.3, 0.4) is 0 Å². The highest BCUT2D eigenvalue weighted by atomic mass is 16.5. The van der Waals surface area contributed by atoms with Crippen LogP contribution in [0.5, 0.6) is 5.75 Å². The van der Waals surface area contributed by atoms with Crippen LogP contribution in [0, 0.1) is 0 Å². The van der Waals surface area contributed by atoms with Crippen molar-refractivity contribution < 1.29 is 9.53 Å². The van der Waals surface area contributed by atoms with Crippen LogP contribution >= 0.6 is 0 Å². The van der Waals surface area contributed by atoms with Crippen molar-refractivity contribution >= 4 is 28.8 Å². The number of anilines is 1. The second-order valence-corrected chi connectivity index (χ2v) is 8.37. The number of ether oxygens (including phenoxy) is 1. The van der Waals surface area contributed by atoms with Gasteiger partial charge in [0.15, 0.2) is 17.2 Å². The summed E-state index contributed by atoms with van der Waals surface area (Å²) in [4.78, 5) is 38.7. The molecule has 6 rings (SSSR count). The molecule has 9 nitrogen and oxygen atoms in total. The zero-order valence-corrected chi connectivity index (χ0v) is 18.0. The largest absolute Gasteiger partial charge is 0.491 e. The van der Waals surface area contributed by atoms with Crippen LogP contribution in [-0.4, -0.2) is 54.9 Å². The second-order valence-electron chi connectivity index (χ2n) is 8.37. The number of H-pyrrole nitrogens is 2. The molecule has 4 heterocycles. The molecule has 1 saturated heterocycles. The molecular weight excluding hydrogens is 418 g/mol. The lowest BCUT2D eigenvalue weighted by atomic mass is 9.86. The Morgan fingerprint density at radius 2 is 2.12 bits per heavy atom. The minimum atomic E-state index is 0.0501. The first kappa shape index (κ1) is 19.7. The van der Waals surface area contributed by atoms with Crippen molar-refractivity contribution in [1.82, 2.24) is 29.9 Å². The Hall–Kier alpha value is -4.01. The molecule has 1 aromatic carbocycles. The van der Waals surface area contributed by atoms with Crippen molar-refractivity contribution in [2.45, 2.75) is 31.7 Å². The highest BCUT2D eigenvalue weighted by Gasteiger charge is 2.30. The molecule has 9 heteroatoms. The molecule has 33 heavy (non-hydrogen) atoms. The molecule has 1 fully saturated rings. The monoisotopic (exact) mass is 441 g/mol. The molecule has 1 aliphatic carbocycles. The predicted octanol–water partition coefficient (Wildman–Crippen LogP) is 3.34. The van der Waals surface area contributed by atoms with Crippen molar-refractivity contribution in [1.29, 1.82) is 0 Å². The number of aromatic amines is 2. The maximum absolute atomic E-state index is 13.1. The number of hydrogen-bond acceptors (Lipinski definition) is 7. The molecular formula is C24H23N7O2. The summed E-state index contributed by atoms with van der Waals surface area (Å²) in [5, 5.41) is 0. The molecule has 166 valence electrons. The van der Waals surface area contributed by atoms with E-state index >= 15 is 0 Å². The number of carbonyl (C=O) groups excluding carboxylic acids is 1. The molecule has 2 N–H and O–H groups in total. The number of benzene rings is 1. The van der Waals surface area contributed by atoms with E-state index < -0.39 is 0 Å². The van der Waals surface area contributed by atoms with E-state index in [0.29, 0.717) is 13.0 Å². The van der Waals surface area contributed by atoms with Crippen molar-refractivity contribution in [3.63, 3.8) is 0 Å². The van der Waals surface area contributed by atoms with E-state index in [1.165, 1.54) is 0 Å². The summed E-state index contributed by atoms with van der Waals surface area (Å²) in [5.74, 6) is 1.68. The lowest BCUT2D eigenvalue weighted by Crippen LogP contribution is -2.35. The minimum absolute atomic E-state index is 0.0501. The fourth-order valence-corrected chi connectivity index (χ4v) is 4.82. The molecule has 2 aliphatic rings. The van der Waals surface area contributed by atoms with Gasteiger partial charge in [-0.15, -0.1) is 0 Å². The summed E-state index contributed by atoms with van der Waals surface area (Å²) in [6.45, 7) is 1.43. The Morgan fingerprint density at radius 3 is 3.03 bits per heavy atom. The number of aromatic nitrogens is 6. The van der Waals surface area contributed by atoms with Gasteiger partial charge < -0.3 is 19.6 Å². The lowest BCUT2D eigenvalue weighted by molar-refractivity contribution is 0.102. The van der Waals surface area contributed by atoms with Gasteiger partial charge in [0.1, 0.15) is 24.2 Å². The molecule has 0 radical (unpaired) electrons. The fraction of sp³-hybridized carbons (Fsp3) is 0.292. The van der Waals surface area contributed by atoms with E-state index in [1.807, 2.05) is 24.3 Å². The number of Topliss-reactive ketones (excluding diaryl/α,β-unsaturated/α-hetero) is 1. The third-order valence-electron chi connectivity index (χ3n) is 6.43. The van der Waals surface area contributed by atoms with Crippen LogP contribution in [-0.2, 0) is 6.42 Å². The Balaban J connectivity index is 1.22. The van der Waals surface area contributed by atoms with Crippen molar-refractivity contribution in [3.05, 3.63) is 65.8 Å². The number of allylic oxidation sites excluding steroid dienone is 1. The standard InChI is InChI=1S/C24H23N7O2/c32-22-15(9-16-10-25-12-26-16)6-7-18-19(22)4-1-5-20(18)33-11-17-3-2-8-31(17)24-21-23(28-13-27-21)29-14-30-24/h1,4-5,9-10,12-14,17H,2-3,6-8,11H2,(H,25,26)(H,27,28,29,30)/b15-9-/t17-/m1/s1. The number of fused-ring (bicyclic) bond motifs is 2. The van der Waals surface area contributed by atoms with Crippen molar-refractivity contribution in [2.24, 2.45) is 0 Å². The van der Waals surface area contributed by atoms with Gasteiger partial charge in [-0.05, 0) is 37.8 Å². The predicted molar refractivity (Wildman–Crippen MR) is 123 cm³/mol. The van der Waals surface area contributed by atoms with E-state index in [2.05, 4.69) is 34.8 Å². The summed E-state index contributed by atoms with van der Waals surface area (Å²) >= 11 is 0. The van der Waals surface area contributed by atoms with Crippen LogP contribution < -0.4 is 9.64 Å². The smallest absolute Gasteiger partial charge is 0.189 e. The number of imidazole rings is 2. The lowest BCUT2D eigenvalue weighted by Gasteiger charge is -2.27. The van der Waals surface area contributed by atoms with Gasteiger partial charge in [-0.3, -0.25) is 4.79 Å². The Morgan fingerprint density at radius 1 is 1.15 bits per heavy atom. The van der Waals surface area contributed by atoms with Gasteiger partial charge in [-0.2, -0.15) is 0 Å². The van der Waals surface area contributed by atoms with E-state index in [-0.39, 0.29) is 11.8 Å². The summed E-state index contributed by atoms with van der Waals surface area (Å²) in [7, 11) is 0. The number of nitrogens with zero attached hydrogens (tertiary/aromatic N) is 5. The maximum Gasteiger partial charge on any atom is 0.189 e. The number of nitrogens with one attached hydrogen (secondary N) is 2. The summed E-state index contributed by atoms with van der Waals surface area (Å²) in [6.07, 6.45) is 12.0. The second kappa shape index (κ2) is 8.16. The van der Waals surface area contributed by atoms with Crippen LogP contribution in [0.1, 0.15) is 40.9 Å². The summed E-state index contributed by atoms with van der Waals surface area (Å²) in [5.41, 5.74) is 4.77. The Bertz CT molecular complexity index is 1340. The average Bonchev–Trinajstić information content (AvgIpc) is 3.61. The molecule has 1 aliphatic heterocycles. The number of carbonyl (C=O) groups is 1. The number of hydrogen-bond donors (Lipinski definition) is 2. The van der Waals surface area contributed by atoms with E-state index in [1.54, 1.807) is 25.2 Å². The molecule has 3 aromatic heterocycles. The maximum atomic E-state index is 13.1. The Kier molecular flexibility index (Phi) is 4.86. The zero-order chi connectivity index (χ0) is 22.2. The van der Waals surface area contributed by atoms with Crippen LogP contribution in [0.25, 0.3) is 17.2 Å². The normalized spacial score (nSPS) is 19.4. The minimum Gasteiger partial charge on any atom is -0.491 e. The first-order valence-corrected chi connectivity index (χ1v) is 11.2. The number of rotatable bonds is 5. The van der Waals surface area contributed by atoms with Gasteiger partial charge in [-0.1, -0.05) is 12.1 Å². The molecule has 0 saturated carbocycles. The highest BCUT2D eigenvalue weighted by molar-refractivity contribution is 6.13. The first-order valence-electron chi connectivity index (χ1n) is 11.2. The van der Waals surface area contributed by atoms with Gasteiger partial charge in [0.05, 0.1) is 24.4 Å². The third-order valence-corrected chi connectivity index (χ3v) is 6.43. The van der Waals surface area contributed by atoms with Gasteiger partial charge in [0.25, 0.3) is 0 Å². The van der Waals surface area contributed by atoms with Crippen molar-refractivity contribution in [2.75, 3.05) is 18.1 Å². The molecule has 0 amide bonds. The van der Waals surface area contributed by atoms with Crippen LogP contribution in [0.4, 0.5) is 5.82 Å².